The number of amides is 1. The van der Waals surface area contributed by atoms with Crippen molar-refractivity contribution < 1.29 is 9.53 Å². The van der Waals surface area contributed by atoms with Crippen LogP contribution in [0.2, 0.25) is 5.02 Å². The molecule has 1 aromatic rings. The maximum absolute atomic E-state index is 11.9. The zero-order valence-corrected chi connectivity index (χ0v) is 12.5. The molecule has 0 saturated carbocycles. The Kier molecular flexibility index (Phi) is 5.82. The summed E-state index contributed by atoms with van der Waals surface area (Å²) in [4.78, 5) is 14.3. The number of nitrogens with zero attached hydrogens (tertiary/aromatic N) is 3. The highest BCUT2D eigenvalue weighted by molar-refractivity contribution is 6.33. The van der Waals surface area contributed by atoms with Crippen molar-refractivity contribution in [2.24, 2.45) is 0 Å². The van der Waals surface area contributed by atoms with E-state index in [1.165, 1.54) is 0 Å². The van der Waals surface area contributed by atoms with Gasteiger partial charge in [0.15, 0.2) is 5.69 Å². The lowest BCUT2D eigenvalue weighted by atomic mass is 10.3. The summed E-state index contributed by atoms with van der Waals surface area (Å²) in [5.74, 6) is -0.204. The van der Waals surface area contributed by atoms with Crippen LogP contribution in [0.25, 0.3) is 0 Å². The summed E-state index contributed by atoms with van der Waals surface area (Å²) in [5, 5.41) is 7.40. The monoisotopic (exact) mass is 300 g/mol. The standard InChI is InChI=1S/C13H21ClN4O2/c1-2-18-10-11(14)12(16-18)13(19)15-4-3-5-17-6-8-20-9-7-17/h10H,2-9H2,1H3,(H,15,19). The number of rotatable bonds is 6. The lowest BCUT2D eigenvalue weighted by Gasteiger charge is -2.26. The Hall–Kier alpha value is -1.11. The van der Waals surface area contributed by atoms with Gasteiger partial charge in [-0.25, -0.2) is 0 Å². The molecule has 0 unspecified atom stereocenters. The molecule has 7 heteroatoms. The molecule has 1 N–H and O–H groups in total. The van der Waals surface area contributed by atoms with E-state index in [1.807, 2.05) is 6.92 Å². The SMILES string of the molecule is CCn1cc(Cl)c(C(=O)NCCCN2CCOCC2)n1. The molecule has 0 atom stereocenters. The lowest BCUT2D eigenvalue weighted by Crippen LogP contribution is -2.38. The van der Waals surface area contributed by atoms with E-state index in [0.29, 0.717) is 23.8 Å². The van der Waals surface area contributed by atoms with Crippen LogP contribution in [0.3, 0.4) is 0 Å². The van der Waals surface area contributed by atoms with Gasteiger partial charge in [0.1, 0.15) is 0 Å². The molecule has 0 aliphatic carbocycles. The van der Waals surface area contributed by atoms with Crippen molar-refractivity contribution in [1.82, 2.24) is 20.0 Å². The molecule has 6 nitrogen and oxygen atoms in total. The average Bonchev–Trinajstić information content (AvgIpc) is 2.86. The van der Waals surface area contributed by atoms with Crippen LogP contribution in [-0.2, 0) is 11.3 Å². The van der Waals surface area contributed by atoms with Crippen molar-refractivity contribution in [2.45, 2.75) is 19.9 Å². The molecule has 112 valence electrons. The van der Waals surface area contributed by atoms with Gasteiger partial charge in [0.2, 0.25) is 0 Å². The first-order valence-electron chi connectivity index (χ1n) is 7.02. The van der Waals surface area contributed by atoms with Gasteiger partial charge in [-0.1, -0.05) is 11.6 Å². The Morgan fingerprint density at radius 2 is 2.25 bits per heavy atom. The van der Waals surface area contributed by atoms with Gasteiger partial charge in [0.25, 0.3) is 5.91 Å². The van der Waals surface area contributed by atoms with Crippen molar-refractivity contribution in [3.05, 3.63) is 16.9 Å². The summed E-state index contributed by atoms with van der Waals surface area (Å²) in [5.41, 5.74) is 0.305. The molecule has 1 fully saturated rings. The zero-order chi connectivity index (χ0) is 14.4. The quantitative estimate of drug-likeness (QED) is 0.797. The van der Waals surface area contributed by atoms with Gasteiger partial charge in [-0.2, -0.15) is 5.10 Å². The van der Waals surface area contributed by atoms with Gasteiger partial charge in [0, 0.05) is 32.4 Å². The van der Waals surface area contributed by atoms with Gasteiger partial charge in [-0.3, -0.25) is 14.4 Å². The van der Waals surface area contributed by atoms with Crippen LogP contribution in [-0.4, -0.2) is 60.0 Å². The number of nitrogens with one attached hydrogen (secondary N) is 1. The van der Waals surface area contributed by atoms with Gasteiger partial charge in [-0.15, -0.1) is 0 Å². The predicted octanol–water partition coefficient (Wildman–Crippen LogP) is 1.01. The number of ether oxygens (including phenoxy) is 1. The Bertz CT molecular complexity index is 444. The Morgan fingerprint density at radius 1 is 1.50 bits per heavy atom. The number of morpholine rings is 1. The molecular formula is C13H21ClN4O2. The molecule has 0 bridgehead atoms. The summed E-state index contributed by atoms with van der Waals surface area (Å²) < 4.78 is 6.95. The van der Waals surface area contributed by atoms with Gasteiger partial charge in [0.05, 0.1) is 18.2 Å². The highest BCUT2D eigenvalue weighted by Gasteiger charge is 2.15. The topological polar surface area (TPSA) is 59.4 Å². The minimum Gasteiger partial charge on any atom is -0.379 e. The number of halogens is 1. The highest BCUT2D eigenvalue weighted by Crippen LogP contribution is 2.13. The van der Waals surface area contributed by atoms with Gasteiger partial charge < -0.3 is 10.1 Å². The molecular weight excluding hydrogens is 280 g/mol. The van der Waals surface area contributed by atoms with Crippen molar-refractivity contribution in [1.29, 1.82) is 0 Å². The number of hydrogen-bond acceptors (Lipinski definition) is 4. The van der Waals surface area contributed by atoms with Crippen LogP contribution >= 0.6 is 11.6 Å². The number of aryl methyl sites for hydroxylation is 1. The second-order valence-corrected chi connectivity index (χ2v) is 5.15. The summed E-state index contributed by atoms with van der Waals surface area (Å²) in [6.45, 7) is 7.80. The maximum atomic E-state index is 11.9. The lowest BCUT2D eigenvalue weighted by molar-refractivity contribution is 0.0374. The fourth-order valence-electron chi connectivity index (χ4n) is 2.13. The zero-order valence-electron chi connectivity index (χ0n) is 11.8. The minimum atomic E-state index is -0.204. The third-order valence-electron chi connectivity index (χ3n) is 3.30. The van der Waals surface area contributed by atoms with Crippen molar-refractivity contribution in [3.8, 4) is 0 Å². The molecule has 2 heterocycles. The van der Waals surface area contributed by atoms with Crippen LogP contribution in [0.5, 0.6) is 0 Å². The predicted molar refractivity (Wildman–Crippen MR) is 77.1 cm³/mol. The van der Waals surface area contributed by atoms with Gasteiger partial charge in [-0.05, 0) is 19.9 Å². The smallest absolute Gasteiger partial charge is 0.273 e. The molecule has 1 amide bonds. The second-order valence-electron chi connectivity index (χ2n) is 4.74. The molecule has 20 heavy (non-hydrogen) atoms. The van der Waals surface area contributed by atoms with E-state index in [9.17, 15) is 4.79 Å². The second kappa shape index (κ2) is 7.61. The van der Waals surface area contributed by atoms with Crippen LogP contribution in [0.4, 0.5) is 0 Å². The van der Waals surface area contributed by atoms with E-state index in [4.69, 9.17) is 16.3 Å². The maximum Gasteiger partial charge on any atom is 0.273 e. The molecule has 1 saturated heterocycles. The largest absolute Gasteiger partial charge is 0.379 e. The fraction of sp³-hybridized carbons (Fsp3) is 0.692. The summed E-state index contributed by atoms with van der Waals surface area (Å²) in [6.07, 6.45) is 2.59. The summed E-state index contributed by atoms with van der Waals surface area (Å²) in [6, 6.07) is 0. The molecule has 1 aliphatic rings. The van der Waals surface area contributed by atoms with Crippen LogP contribution in [0, 0.1) is 0 Å². The molecule has 2 rings (SSSR count). The molecule has 0 spiro atoms. The van der Waals surface area contributed by atoms with Crippen molar-refractivity contribution in [2.75, 3.05) is 39.4 Å². The summed E-state index contributed by atoms with van der Waals surface area (Å²) in [7, 11) is 0. The van der Waals surface area contributed by atoms with E-state index in [1.54, 1.807) is 10.9 Å². The first kappa shape index (κ1) is 15.3. The Morgan fingerprint density at radius 3 is 2.90 bits per heavy atom. The summed E-state index contributed by atoms with van der Waals surface area (Å²) >= 11 is 5.99. The van der Waals surface area contributed by atoms with Crippen LogP contribution in [0.15, 0.2) is 6.20 Å². The molecule has 1 aromatic heterocycles. The first-order chi connectivity index (χ1) is 9.70. The van der Waals surface area contributed by atoms with Crippen molar-refractivity contribution in [3.63, 3.8) is 0 Å². The molecule has 0 aromatic carbocycles. The number of hydrogen-bond donors (Lipinski definition) is 1. The van der Waals surface area contributed by atoms with E-state index < -0.39 is 0 Å². The van der Waals surface area contributed by atoms with E-state index in [-0.39, 0.29) is 5.91 Å². The first-order valence-corrected chi connectivity index (χ1v) is 7.39. The van der Waals surface area contributed by atoms with Gasteiger partial charge >= 0.3 is 0 Å². The highest BCUT2D eigenvalue weighted by atomic mass is 35.5. The number of carbonyl (C=O) groups is 1. The van der Waals surface area contributed by atoms with Crippen LogP contribution in [0.1, 0.15) is 23.8 Å². The normalized spacial score (nSPS) is 16.3. The van der Waals surface area contributed by atoms with E-state index in [2.05, 4.69) is 15.3 Å². The Balaban J connectivity index is 1.70. The average molecular weight is 301 g/mol. The third-order valence-corrected chi connectivity index (χ3v) is 3.57. The molecule has 1 aliphatic heterocycles. The van der Waals surface area contributed by atoms with E-state index >= 15 is 0 Å². The molecule has 0 radical (unpaired) electrons. The Labute approximate surface area is 124 Å². The number of aromatic nitrogens is 2. The van der Waals surface area contributed by atoms with Crippen molar-refractivity contribution >= 4 is 17.5 Å². The third kappa shape index (κ3) is 4.19. The minimum absolute atomic E-state index is 0.204. The fourth-order valence-corrected chi connectivity index (χ4v) is 2.36. The van der Waals surface area contributed by atoms with Crippen LogP contribution < -0.4 is 5.32 Å². The van der Waals surface area contributed by atoms with E-state index in [0.717, 1.165) is 39.3 Å². The number of carbonyl (C=O) groups excluding carboxylic acids is 1.